The van der Waals surface area contributed by atoms with Crippen LogP contribution in [0.25, 0.3) is 0 Å². The number of aliphatic hydroxyl groups excluding tert-OH is 1. The third-order valence-corrected chi connectivity index (χ3v) is 3.52. The van der Waals surface area contributed by atoms with E-state index in [-0.39, 0.29) is 6.10 Å². The van der Waals surface area contributed by atoms with Crippen LogP contribution in [0.4, 0.5) is 5.82 Å². The molecule has 0 radical (unpaired) electrons. The van der Waals surface area contributed by atoms with Crippen molar-refractivity contribution in [1.29, 1.82) is 0 Å². The van der Waals surface area contributed by atoms with Gasteiger partial charge in [-0.1, -0.05) is 13.3 Å². The molecular weight excluding hydrogens is 240 g/mol. The van der Waals surface area contributed by atoms with Crippen molar-refractivity contribution in [3.63, 3.8) is 0 Å². The molecule has 0 bridgehead atoms. The Kier molecular flexibility index (Phi) is 5.54. The van der Waals surface area contributed by atoms with Crippen LogP contribution in [0.5, 0.6) is 0 Å². The van der Waals surface area contributed by atoms with Crippen molar-refractivity contribution in [1.82, 2.24) is 14.9 Å². The lowest BCUT2D eigenvalue weighted by molar-refractivity contribution is 0.109. The molecule has 2 rings (SSSR count). The number of β-amino-alcohol motifs (C(OH)–C–C–N with tert-alkyl or cyclic N) is 1. The molecule has 0 aromatic carbocycles. The second-order valence-corrected chi connectivity index (χ2v) is 5.14. The summed E-state index contributed by atoms with van der Waals surface area (Å²) in [5, 5.41) is 13.2. The van der Waals surface area contributed by atoms with Gasteiger partial charge in [-0.05, 0) is 32.4 Å². The van der Waals surface area contributed by atoms with Gasteiger partial charge in [0.05, 0.1) is 6.10 Å². The fraction of sp³-hybridized carbons (Fsp3) is 0.714. The van der Waals surface area contributed by atoms with E-state index in [9.17, 15) is 5.11 Å². The Morgan fingerprint density at radius 2 is 2.11 bits per heavy atom. The highest BCUT2D eigenvalue weighted by Crippen LogP contribution is 2.09. The molecule has 1 aromatic heterocycles. The highest BCUT2D eigenvalue weighted by molar-refractivity contribution is 5.34. The minimum absolute atomic E-state index is 0.349. The summed E-state index contributed by atoms with van der Waals surface area (Å²) in [5.41, 5.74) is 1.02. The maximum absolute atomic E-state index is 10.0. The molecule has 2 N–H and O–H groups in total. The zero-order valence-corrected chi connectivity index (χ0v) is 11.7. The van der Waals surface area contributed by atoms with E-state index >= 15 is 0 Å². The normalized spacial score (nSPS) is 18.2. The van der Waals surface area contributed by atoms with E-state index < -0.39 is 0 Å². The zero-order valence-electron chi connectivity index (χ0n) is 11.7. The summed E-state index contributed by atoms with van der Waals surface area (Å²) < 4.78 is 0. The number of aromatic nitrogens is 2. The van der Waals surface area contributed by atoms with Gasteiger partial charge < -0.3 is 15.3 Å². The monoisotopic (exact) mass is 264 g/mol. The lowest BCUT2D eigenvalue weighted by atomic mass is 10.1. The number of hydrogen-bond donors (Lipinski definition) is 2. The van der Waals surface area contributed by atoms with E-state index in [4.69, 9.17) is 0 Å². The molecule has 0 spiro atoms. The Labute approximate surface area is 115 Å². The van der Waals surface area contributed by atoms with Crippen LogP contribution in [0.1, 0.15) is 31.9 Å². The molecule has 5 nitrogen and oxygen atoms in total. The Morgan fingerprint density at radius 1 is 1.32 bits per heavy atom. The summed E-state index contributed by atoms with van der Waals surface area (Å²) in [6.07, 6.45) is 5.95. The van der Waals surface area contributed by atoms with Gasteiger partial charge in [0.1, 0.15) is 12.1 Å². The summed E-state index contributed by atoms with van der Waals surface area (Å²) in [6.45, 7) is 5.59. The van der Waals surface area contributed by atoms with Crippen molar-refractivity contribution < 1.29 is 5.11 Å². The van der Waals surface area contributed by atoms with Gasteiger partial charge in [-0.25, -0.2) is 9.97 Å². The summed E-state index contributed by atoms with van der Waals surface area (Å²) in [4.78, 5) is 10.7. The summed E-state index contributed by atoms with van der Waals surface area (Å²) in [6, 6.07) is 1.94. The third kappa shape index (κ3) is 4.76. The summed E-state index contributed by atoms with van der Waals surface area (Å²) in [5.74, 6) is 0.796. The second kappa shape index (κ2) is 7.40. The van der Waals surface area contributed by atoms with Crippen molar-refractivity contribution in [3.05, 3.63) is 18.1 Å². The number of likely N-dealkylation sites (tertiary alicyclic amines) is 1. The number of piperidine rings is 1. The van der Waals surface area contributed by atoms with E-state index in [0.717, 1.165) is 37.6 Å². The van der Waals surface area contributed by atoms with Crippen LogP contribution in [0.15, 0.2) is 12.4 Å². The number of nitrogens with zero attached hydrogens (tertiary/aromatic N) is 3. The minimum Gasteiger partial charge on any atom is -0.390 e. The molecule has 0 aliphatic carbocycles. The third-order valence-electron chi connectivity index (χ3n) is 3.52. The first-order chi connectivity index (χ1) is 9.28. The fourth-order valence-electron chi connectivity index (χ4n) is 2.41. The van der Waals surface area contributed by atoms with Crippen molar-refractivity contribution in [2.75, 3.05) is 31.5 Å². The van der Waals surface area contributed by atoms with Crippen LogP contribution >= 0.6 is 0 Å². The standard InChI is InChI=1S/C14H24N4O/c1-2-12-8-14(17-11-16-12)15-9-13(19)10-18-6-4-3-5-7-18/h8,11,13,19H,2-7,9-10H2,1H3,(H,15,16,17)/t13-/m0/s1. The maximum atomic E-state index is 10.0. The summed E-state index contributed by atoms with van der Waals surface area (Å²) >= 11 is 0. The number of rotatable bonds is 6. The Bertz CT molecular complexity index is 379. The van der Waals surface area contributed by atoms with Gasteiger partial charge >= 0.3 is 0 Å². The van der Waals surface area contributed by atoms with Gasteiger partial charge in [-0.3, -0.25) is 0 Å². The maximum Gasteiger partial charge on any atom is 0.129 e. The van der Waals surface area contributed by atoms with Crippen molar-refractivity contribution >= 4 is 5.82 Å². The molecule has 5 heteroatoms. The van der Waals surface area contributed by atoms with Gasteiger partial charge in [0, 0.05) is 24.8 Å². The van der Waals surface area contributed by atoms with Crippen LogP contribution in [0.2, 0.25) is 0 Å². The van der Waals surface area contributed by atoms with Crippen molar-refractivity contribution in [3.8, 4) is 0 Å². The lowest BCUT2D eigenvalue weighted by Gasteiger charge is -2.28. The fourth-order valence-corrected chi connectivity index (χ4v) is 2.41. The van der Waals surface area contributed by atoms with Gasteiger partial charge in [0.2, 0.25) is 0 Å². The van der Waals surface area contributed by atoms with Crippen LogP contribution < -0.4 is 5.32 Å². The largest absolute Gasteiger partial charge is 0.390 e. The SMILES string of the molecule is CCc1cc(NC[C@H](O)CN2CCCCC2)ncn1. The average Bonchev–Trinajstić information content (AvgIpc) is 2.46. The minimum atomic E-state index is -0.349. The van der Waals surface area contributed by atoms with Crippen molar-refractivity contribution in [2.45, 2.75) is 38.7 Å². The molecule has 0 amide bonds. The van der Waals surface area contributed by atoms with E-state index in [1.807, 2.05) is 6.07 Å². The topological polar surface area (TPSA) is 61.3 Å². The molecule has 1 aliphatic heterocycles. The summed E-state index contributed by atoms with van der Waals surface area (Å²) in [7, 11) is 0. The number of aryl methyl sites for hydroxylation is 1. The van der Waals surface area contributed by atoms with Crippen LogP contribution in [0.3, 0.4) is 0 Å². The smallest absolute Gasteiger partial charge is 0.129 e. The molecule has 0 saturated carbocycles. The highest BCUT2D eigenvalue weighted by Gasteiger charge is 2.14. The predicted molar refractivity (Wildman–Crippen MR) is 76.2 cm³/mol. The van der Waals surface area contributed by atoms with Gasteiger partial charge in [-0.15, -0.1) is 0 Å². The molecule has 1 saturated heterocycles. The van der Waals surface area contributed by atoms with E-state index in [2.05, 4.69) is 27.1 Å². The van der Waals surface area contributed by atoms with E-state index in [1.54, 1.807) is 6.33 Å². The Morgan fingerprint density at radius 3 is 2.84 bits per heavy atom. The van der Waals surface area contributed by atoms with Gasteiger partial charge in [-0.2, -0.15) is 0 Å². The van der Waals surface area contributed by atoms with E-state index in [0.29, 0.717) is 6.54 Å². The molecular formula is C14H24N4O. The zero-order chi connectivity index (χ0) is 13.5. The number of anilines is 1. The first-order valence-corrected chi connectivity index (χ1v) is 7.23. The van der Waals surface area contributed by atoms with Crippen LogP contribution in [-0.2, 0) is 6.42 Å². The molecule has 1 atom stereocenters. The number of aliphatic hydroxyl groups is 1. The predicted octanol–water partition coefficient (Wildman–Crippen LogP) is 1.30. The van der Waals surface area contributed by atoms with Crippen LogP contribution in [0, 0.1) is 0 Å². The van der Waals surface area contributed by atoms with E-state index in [1.165, 1.54) is 19.3 Å². The first kappa shape index (κ1) is 14.2. The lowest BCUT2D eigenvalue weighted by Crippen LogP contribution is -2.39. The van der Waals surface area contributed by atoms with Crippen molar-refractivity contribution in [2.24, 2.45) is 0 Å². The molecule has 106 valence electrons. The van der Waals surface area contributed by atoms with Gasteiger partial charge in [0.25, 0.3) is 0 Å². The first-order valence-electron chi connectivity index (χ1n) is 7.23. The quantitative estimate of drug-likeness (QED) is 0.811. The Hall–Kier alpha value is -1.20. The second-order valence-electron chi connectivity index (χ2n) is 5.14. The molecule has 0 unspecified atom stereocenters. The van der Waals surface area contributed by atoms with Gasteiger partial charge in [0.15, 0.2) is 0 Å². The molecule has 1 aromatic rings. The molecule has 1 fully saturated rings. The average molecular weight is 264 g/mol. The number of nitrogens with one attached hydrogen (secondary N) is 1. The molecule has 2 heterocycles. The number of hydrogen-bond acceptors (Lipinski definition) is 5. The highest BCUT2D eigenvalue weighted by atomic mass is 16.3. The molecule has 1 aliphatic rings. The molecule has 19 heavy (non-hydrogen) atoms. The Balaban J connectivity index is 1.74. The van der Waals surface area contributed by atoms with Crippen LogP contribution in [-0.4, -0.2) is 52.3 Å².